The average Bonchev–Trinajstić information content (AvgIpc) is 3.33. The van der Waals surface area contributed by atoms with E-state index in [1.807, 2.05) is 47.0 Å². The molecule has 1 aliphatic carbocycles. The lowest BCUT2D eigenvalue weighted by atomic mass is 9.98. The highest BCUT2D eigenvalue weighted by Crippen LogP contribution is 2.37. The minimum atomic E-state index is 0.153. The Hall–Kier alpha value is -2.35. The molecule has 0 N–H and O–H groups in total. The van der Waals surface area contributed by atoms with Crippen molar-refractivity contribution in [2.75, 3.05) is 0 Å². The molecule has 1 aliphatic rings. The number of para-hydroxylation sites is 1. The summed E-state index contributed by atoms with van der Waals surface area (Å²) in [6.45, 7) is 2.06. The highest BCUT2D eigenvalue weighted by atomic mass is 16.1. The SMILES string of the molecule is Cc1c(-c2ccccc2)c(=O)n(C2CC2)c2ccccc12. The largest absolute Gasteiger partial charge is 0.305 e. The molecule has 0 spiro atoms. The maximum atomic E-state index is 13.0. The molecule has 1 aromatic heterocycles. The molecule has 2 aromatic carbocycles. The van der Waals surface area contributed by atoms with Crippen LogP contribution in [0, 0.1) is 6.92 Å². The van der Waals surface area contributed by atoms with Gasteiger partial charge >= 0.3 is 0 Å². The Kier molecular flexibility index (Phi) is 2.71. The lowest BCUT2D eigenvalue weighted by molar-refractivity contribution is 0.740. The summed E-state index contributed by atoms with van der Waals surface area (Å²) in [7, 11) is 0. The molecule has 0 amide bonds. The Bertz CT molecular complexity index is 873. The molecule has 0 aliphatic heterocycles. The second-order valence-corrected chi connectivity index (χ2v) is 5.79. The predicted molar refractivity (Wildman–Crippen MR) is 86.7 cm³/mol. The molecule has 0 bridgehead atoms. The van der Waals surface area contributed by atoms with Crippen LogP contribution in [-0.2, 0) is 0 Å². The number of hydrogen-bond acceptors (Lipinski definition) is 1. The molecule has 0 unspecified atom stereocenters. The molecule has 2 heteroatoms. The second kappa shape index (κ2) is 4.59. The number of nitrogens with zero attached hydrogens (tertiary/aromatic N) is 1. The molecule has 1 fully saturated rings. The van der Waals surface area contributed by atoms with E-state index in [1.54, 1.807) is 0 Å². The van der Waals surface area contributed by atoms with E-state index in [4.69, 9.17) is 0 Å². The number of benzene rings is 2. The highest BCUT2D eigenvalue weighted by Gasteiger charge is 2.28. The van der Waals surface area contributed by atoms with Crippen LogP contribution in [0.2, 0.25) is 0 Å². The number of aryl methyl sites for hydroxylation is 1. The van der Waals surface area contributed by atoms with Gasteiger partial charge in [-0.05, 0) is 37.0 Å². The summed E-state index contributed by atoms with van der Waals surface area (Å²) in [6.07, 6.45) is 2.22. The van der Waals surface area contributed by atoms with Crippen molar-refractivity contribution in [1.29, 1.82) is 0 Å². The van der Waals surface area contributed by atoms with Crippen LogP contribution in [0.5, 0.6) is 0 Å². The minimum Gasteiger partial charge on any atom is -0.305 e. The molecule has 2 nitrogen and oxygen atoms in total. The second-order valence-electron chi connectivity index (χ2n) is 5.79. The molecular formula is C19H17NO. The fourth-order valence-electron chi connectivity index (χ4n) is 3.17. The van der Waals surface area contributed by atoms with Crippen molar-refractivity contribution in [3.8, 4) is 11.1 Å². The standard InChI is InChI=1S/C19H17NO/c1-13-16-9-5-6-10-17(16)20(15-11-12-15)19(21)18(13)14-7-3-2-4-8-14/h2-10,15H,11-12H2,1H3. The molecule has 4 rings (SSSR count). The van der Waals surface area contributed by atoms with Gasteiger partial charge in [0.05, 0.1) is 11.1 Å². The third-order valence-corrected chi connectivity index (χ3v) is 4.35. The van der Waals surface area contributed by atoms with E-state index in [2.05, 4.69) is 19.1 Å². The van der Waals surface area contributed by atoms with Gasteiger partial charge in [-0.3, -0.25) is 4.79 Å². The molecule has 0 saturated heterocycles. The van der Waals surface area contributed by atoms with Crippen LogP contribution in [-0.4, -0.2) is 4.57 Å². The molecule has 1 saturated carbocycles. The maximum absolute atomic E-state index is 13.0. The van der Waals surface area contributed by atoms with Gasteiger partial charge in [0.1, 0.15) is 0 Å². The van der Waals surface area contributed by atoms with Gasteiger partial charge in [-0.15, -0.1) is 0 Å². The van der Waals surface area contributed by atoms with E-state index in [0.717, 1.165) is 35.0 Å². The molecule has 104 valence electrons. The van der Waals surface area contributed by atoms with Gasteiger partial charge in [-0.2, -0.15) is 0 Å². The molecule has 3 aromatic rings. The van der Waals surface area contributed by atoms with Gasteiger partial charge in [-0.25, -0.2) is 0 Å². The molecule has 1 heterocycles. The Morgan fingerprint density at radius 3 is 2.33 bits per heavy atom. The van der Waals surface area contributed by atoms with Crippen LogP contribution >= 0.6 is 0 Å². The highest BCUT2D eigenvalue weighted by molar-refractivity contribution is 5.88. The van der Waals surface area contributed by atoms with Crippen LogP contribution in [0.15, 0.2) is 59.4 Å². The van der Waals surface area contributed by atoms with Crippen molar-refractivity contribution < 1.29 is 0 Å². The Morgan fingerprint density at radius 1 is 0.952 bits per heavy atom. The molecule has 0 radical (unpaired) electrons. The summed E-state index contributed by atoms with van der Waals surface area (Å²) < 4.78 is 2.00. The molecule has 21 heavy (non-hydrogen) atoms. The van der Waals surface area contributed by atoms with E-state index in [0.29, 0.717) is 6.04 Å². The van der Waals surface area contributed by atoms with Gasteiger partial charge in [0.15, 0.2) is 0 Å². The zero-order valence-electron chi connectivity index (χ0n) is 12.0. The third-order valence-electron chi connectivity index (χ3n) is 4.35. The van der Waals surface area contributed by atoms with Crippen LogP contribution in [0.1, 0.15) is 24.4 Å². The van der Waals surface area contributed by atoms with Crippen LogP contribution < -0.4 is 5.56 Å². The normalized spacial score (nSPS) is 14.5. The molecular weight excluding hydrogens is 258 g/mol. The van der Waals surface area contributed by atoms with Gasteiger partial charge in [0, 0.05) is 11.4 Å². The van der Waals surface area contributed by atoms with Crippen molar-refractivity contribution in [1.82, 2.24) is 4.57 Å². The smallest absolute Gasteiger partial charge is 0.259 e. The van der Waals surface area contributed by atoms with E-state index < -0.39 is 0 Å². The van der Waals surface area contributed by atoms with Crippen LogP contribution in [0.4, 0.5) is 0 Å². The number of rotatable bonds is 2. The van der Waals surface area contributed by atoms with E-state index in [-0.39, 0.29) is 5.56 Å². The zero-order valence-corrected chi connectivity index (χ0v) is 12.0. The number of pyridine rings is 1. The number of aromatic nitrogens is 1. The van der Waals surface area contributed by atoms with Gasteiger partial charge in [0.25, 0.3) is 5.56 Å². The van der Waals surface area contributed by atoms with Crippen molar-refractivity contribution in [3.63, 3.8) is 0 Å². The van der Waals surface area contributed by atoms with Crippen molar-refractivity contribution in [2.24, 2.45) is 0 Å². The van der Waals surface area contributed by atoms with E-state index in [1.165, 1.54) is 5.39 Å². The lowest BCUT2D eigenvalue weighted by Gasteiger charge is -2.15. The fourth-order valence-corrected chi connectivity index (χ4v) is 3.17. The van der Waals surface area contributed by atoms with Gasteiger partial charge < -0.3 is 4.57 Å². The zero-order chi connectivity index (χ0) is 14.4. The first-order valence-corrected chi connectivity index (χ1v) is 7.46. The van der Waals surface area contributed by atoms with Crippen molar-refractivity contribution in [3.05, 3.63) is 70.5 Å². The first kappa shape index (κ1) is 12.4. The Labute approximate surface area is 123 Å². The Balaban J connectivity index is 2.15. The maximum Gasteiger partial charge on any atom is 0.259 e. The topological polar surface area (TPSA) is 22.0 Å². The quantitative estimate of drug-likeness (QED) is 0.683. The predicted octanol–water partition coefficient (Wildman–Crippen LogP) is 4.31. The summed E-state index contributed by atoms with van der Waals surface area (Å²) >= 11 is 0. The Morgan fingerprint density at radius 2 is 1.62 bits per heavy atom. The monoisotopic (exact) mass is 275 g/mol. The molecule has 0 atom stereocenters. The van der Waals surface area contributed by atoms with Gasteiger partial charge in [-0.1, -0.05) is 48.5 Å². The van der Waals surface area contributed by atoms with Crippen molar-refractivity contribution in [2.45, 2.75) is 25.8 Å². The third kappa shape index (κ3) is 1.90. The van der Waals surface area contributed by atoms with E-state index >= 15 is 0 Å². The minimum absolute atomic E-state index is 0.153. The number of fused-ring (bicyclic) bond motifs is 1. The fraction of sp³-hybridized carbons (Fsp3) is 0.211. The lowest BCUT2D eigenvalue weighted by Crippen LogP contribution is -2.22. The van der Waals surface area contributed by atoms with Crippen LogP contribution in [0.25, 0.3) is 22.0 Å². The first-order valence-electron chi connectivity index (χ1n) is 7.46. The average molecular weight is 275 g/mol. The summed E-state index contributed by atoms with van der Waals surface area (Å²) in [6, 6.07) is 18.6. The van der Waals surface area contributed by atoms with Gasteiger partial charge in [0.2, 0.25) is 0 Å². The van der Waals surface area contributed by atoms with E-state index in [9.17, 15) is 4.79 Å². The first-order chi connectivity index (χ1) is 10.3. The summed E-state index contributed by atoms with van der Waals surface area (Å²) in [5.41, 5.74) is 4.17. The number of hydrogen-bond donors (Lipinski definition) is 0. The van der Waals surface area contributed by atoms with Crippen LogP contribution in [0.3, 0.4) is 0 Å². The summed E-state index contributed by atoms with van der Waals surface area (Å²) in [4.78, 5) is 13.0. The summed E-state index contributed by atoms with van der Waals surface area (Å²) in [5, 5.41) is 1.18. The summed E-state index contributed by atoms with van der Waals surface area (Å²) in [5.74, 6) is 0. The van der Waals surface area contributed by atoms with Crippen molar-refractivity contribution >= 4 is 10.9 Å².